The van der Waals surface area contributed by atoms with Gasteiger partial charge in [-0.3, -0.25) is 8.98 Å². The van der Waals surface area contributed by atoms with E-state index < -0.39 is 10.1 Å². The van der Waals surface area contributed by atoms with Crippen LogP contribution in [-0.4, -0.2) is 147 Å². The fourth-order valence-electron chi connectivity index (χ4n) is 3.33. The van der Waals surface area contributed by atoms with Crippen molar-refractivity contribution in [1.29, 1.82) is 0 Å². The lowest BCUT2D eigenvalue weighted by atomic mass is 10.2. The maximum absolute atomic E-state index is 12.1. The first-order chi connectivity index (χ1) is 22.5. The minimum Gasteiger partial charge on any atom is -0.463 e. The molecule has 0 atom stereocenters. The van der Waals surface area contributed by atoms with E-state index in [1.165, 1.54) is 12.1 Å². The molecule has 46 heavy (non-hydrogen) atoms. The number of aryl methyl sites for hydroxylation is 1. The third-order valence-electron chi connectivity index (χ3n) is 5.70. The highest BCUT2D eigenvalue weighted by Gasteiger charge is 2.14. The van der Waals surface area contributed by atoms with Gasteiger partial charge in [-0.25, -0.2) is 0 Å². The summed E-state index contributed by atoms with van der Waals surface area (Å²) in [7, 11) is -3.78. The van der Waals surface area contributed by atoms with Crippen molar-refractivity contribution in [1.82, 2.24) is 0 Å². The van der Waals surface area contributed by atoms with Crippen LogP contribution in [-0.2, 0) is 66.5 Å². The van der Waals surface area contributed by atoms with Gasteiger partial charge in [0.05, 0.1) is 130 Å². The number of hydrogen-bond acceptors (Lipinski definition) is 14. The van der Waals surface area contributed by atoms with E-state index in [0.29, 0.717) is 119 Å². The van der Waals surface area contributed by atoms with Crippen molar-refractivity contribution >= 4 is 16.1 Å². The van der Waals surface area contributed by atoms with Gasteiger partial charge in [0, 0.05) is 6.42 Å². The van der Waals surface area contributed by atoms with Gasteiger partial charge in [-0.1, -0.05) is 24.6 Å². The van der Waals surface area contributed by atoms with Crippen LogP contribution in [0, 0.1) is 6.92 Å². The van der Waals surface area contributed by atoms with E-state index >= 15 is 0 Å². The van der Waals surface area contributed by atoms with Crippen molar-refractivity contribution in [3.8, 4) is 0 Å². The standard InChI is InChI=1S/C31H54O14S/c1-3-4-31(32)44-27-25-42-23-21-40-19-17-38-15-13-36-11-9-35-10-12-37-14-16-39-18-20-41-22-24-43-26-28-45-46(33,34)30-7-5-29(2)6-8-30/h5-8H,3-4,9-28H2,1-2H3. The molecule has 0 aliphatic rings. The van der Waals surface area contributed by atoms with Crippen LogP contribution in [0.5, 0.6) is 0 Å². The Morgan fingerprint density at radius 1 is 0.500 bits per heavy atom. The molecule has 0 saturated heterocycles. The molecule has 0 aliphatic carbocycles. The Hall–Kier alpha value is -1.76. The molecule has 14 nitrogen and oxygen atoms in total. The van der Waals surface area contributed by atoms with Gasteiger partial charge in [0.25, 0.3) is 10.1 Å². The number of rotatable bonds is 34. The van der Waals surface area contributed by atoms with Crippen molar-refractivity contribution in [3.05, 3.63) is 29.8 Å². The van der Waals surface area contributed by atoms with Crippen LogP contribution in [0.2, 0.25) is 0 Å². The van der Waals surface area contributed by atoms with Crippen molar-refractivity contribution in [2.24, 2.45) is 0 Å². The average Bonchev–Trinajstić information content (AvgIpc) is 3.04. The van der Waals surface area contributed by atoms with E-state index in [1.54, 1.807) is 12.1 Å². The Morgan fingerprint density at radius 3 is 1.13 bits per heavy atom. The molecule has 0 aromatic heterocycles. The summed E-state index contributed by atoms with van der Waals surface area (Å²) in [5.41, 5.74) is 0.973. The Morgan fingerprint density at radius 2 is 0.804 bits per heavy atom. The van der Waals surface area contributed by atoms with Crippen molar-refractivity contribution in [3.63, 3.8) is 0 Å². The summed E-state index contributed by atoms with van der Waals surface area (Å²) < 4.78 is 82.8. The Labute approximate surface area is 274 Å². The molecule has 15 heteroatoms. The largest absolute Gasteiger partial charge is 0.463 e. The molecule has 0 N–H and O–H groups in total. The summed E-state index contributed by atoms with van der Waals surface area (Å²) in [6.07, 6.45) is 1.21. The molecule has 0 spiro atoms. The first-order valence-electron chi connectivity index (χ1n) is 15.8. The first kappa shape index (κ1) is 42.3. The van der Waals surface area contributed by atoms with E-state index in [2.05, 4.69) is 0 Å². The lowest BCUT2D eigenvalue weighted by Gasteiger charge is -2.09. The van der Waals surface area contributed by atoms with Gasteiger partial charge in [-0.15, -0.1) is 0 Å². The normalized spacial score (nSPS) is 11.7. The molecule has 1 rings (SSSR count). The van der Waals surface area contributed by atoms with Gasteiger partial charge in [0.2, 0.25) is 0 Å². The van der Waals surface area contributed by atoms with Gasteiger partial charge in [0.1, 0.15) is 6.61 Å². The van der Waals surface area contributed by atoms with Gasteiger partial charge in [-0.2, -0.15) is 8.42 Å². The Kier molecular flexibility index (Phi) is 28.1. The molecular formula is C31H54O14S. The summed E-state index contributed by atoms with van der Waals surface area (Å²) >= 11 is 0. The molecular weight excluding hydrogens is 628 g/mol. The number of carbonyl (C=O) groups is 1. The summed E-state index contributed by atoms with van der Waals surface area (Å²) in [5, 5.41) is 0. The predicted molar refractivity (Wildman–Crippen MR) is 168 cm³/mol. The molecule has 0 radical (unpaired) electrons. The average molecular weight is 683 g/mol. The number of esters is 1. The maximum atomic E-state index is 12.1. The van der Waals surface area contributed by atoms with Crippen LogP contribution < -0.4 is 0 Å². The lowest BCUT2D eigenvalue weighted by Crippen LogP contribution is -2.16. The third-order valence-corrected chi connectivity index (χ3v) is 7.02. The zero-order valence-corrected chi connectivity index (χ0v) is 28.3. The number of carbonyl (C=O) groups excluding carboxylic acids is 1. The fraction of sp³-hybridized carbons (Fsp3) is 0.774. The highest BCUT2D eigenvalue weighted by molar-refractivity contribution is 7.86. The molecule has 0 saturated carbocycles. The quantitative estimate of drug-likeness (QED) is 0.0593. The Balaban J connectivity index is 1.69. The van der Waals surface area contributed by atoms with Crippen molar-refractivity contribution in [2.45, 2.75) is 31.6 Å². The monoisotopic (exact) mass is 682 g/mol. The van der Waals surface area contributed by atoms with Crippen LogP contribution >= 0.6 is 0 Å². The molecule has 1 aromatic rings. The van der Waals surface area contributed by atoms with Gasteiger partial charge >= 0.3 is 5.97 Å². The second kappa shape index (κ2) is 30.6. The number of ether oxygens (including phenoxy) is 10. The summed E-state index contributed by atoms with van der Waals surface area (Å²) in [6, 6.07) is 6.47. The smallest absolute Gasteiger partial charge is 0.305 e. The number of hydrogen-bond donors (Lipinski definition) is 0. The van der Waals surface area contributed by atoms with Crippen LogP contribution in [0.25, 0.3) is 0 Å². The van der Waals surface area contributed by atoms with E-state index in [9.17, 15) is 13.2 Å². The molecule has 0 amide bonds. The van der Waals surface area contributed by atoms with Crippen molar-refractivity contribution in [2.75, 3.05) is 132 Å². The molecule has 0 unspecified atom stereocenters. The maximum Gasteiger partial charge on any atom is 0.305 e. The first-order valence-corrected chi connectivity index (χ1v) is 17.2. The van der Waals surface area contributed by atoms with Crippen molar-refractivity contribution < 1.29 is 64.8 Å². The van der Waals surface area contributed by atoms with E-state index in [1.807, 2.05) is 13.8 Å². The molecule has 0 fully saturated rings. The lowest BCUT2D eigenvalue weighted by molar-refractivity contribution is -0.145. The molecule has 0 aliphatic heterocycles. The number of benzene rings is 1. The summed E-state index contributed by atoms with van der Waals surface area (Å²) in [4.78, 5) is 11.3. The summed E-state index contributed by atoms with van der Waals surface area (Å²) in [6.45, 7) is 11.6. The second-order valence-electron chi connectivity index (χ2n) is 9.57. The van der Waals surface area contributed by atoms with Gasteiger partial charge in [0.15, 0.2) is 0 Å². The Bertz CT molecular complexity index is 930. The highest BCUT2D eigenvalue weighted by Crippen LogP contribution is 2.12. The fourth-order valence-corrected chi connectivity index (χ4v) is 4.22. The minimum absolute atomic E-state index is 0.0625. The van der Waals surface area contributed by atoms with Crippen LogP contribution in [0.15, 0.2) is 29.2 Å². The molecule has 0 heterocycles. The molecule has 0 bridgehead atoms. The zero-order valence-electron chi connectivity index (χ0n) is 27.5. The third kappa shape index (κ3) is 26.3. The molecule has 268 valence electrons. The van der Waals surface area contributed by atoms with E-state index in [-0.39, 0.29) is 30.7 Å². The predicted octanol–water partition coefficient (Wildman–Crippen LogP) is 2.19. The van der Waals surface area contributed by atoms with E-state index in [0.717, 1.165) is 12.0 Å². The SMILES string of the molecule is CCCC(=O)OCCOCCOCCOCCOCCOCCOCCOCCOCCOCCOS(=O)(=O)c1ccc(C)cc1. The second-order valence-corrected chi connectivity index (χ2v) is 11.2. The van der Waals surface area contributed by atoms with Gasteiger partial charge < -0.3 is 47.4 Å². The highest BCUT2D eigenvalue weighted by atomic mass is 32.2. The topological polar surface area (TPSA) is 153 Å². The summed E-state index contributed by atoms with van der Waals surface area (Å²) in [5.74, 6) is -0.196. The van der Waals surface area contributed by atoms with Crippen LogP contribution in [0.1, 0.15) is 25.3 Å². The van der Waals surface area contributed by atoms with E-state index in [4.69, 9.17) is 51.6 Å². The zero-order chi connectivity index (χ0) is 33.4. The van der Waals surface area contributed by atoms with Gasteiger partial charge in [-0.05, 0) is 25.5 Å². The molecule has 1 aromatic carbocycles. The van der Waals surface area contributed by atoms with Crippen LogP contribution in [0.4, 0.5) is 0 Å². The van der Waals surface area contributed by atoms with Crippen LogP contribution in [0.3, 0.4) is 0 Å². The minimum atomic E-state index is -3.78.